The van der Waals surface area contributed by atoms with Crippen molar-refractivity contribution in [2.45, 2.75) is 6.29 Å². The van der Waals surface area contributed by atoms with Gasteiger partial charge in [-0.05, 0) is 18.4 Å². The minimum Gasteiger partial charge on any atom is -0.353 e. The van der Waals surface area contributed by atoms with Crippen LogP contribution in [0.25, 0.3) is 0 Å². The van der Waals surface area contributed by atoms with Gasteiger partial charge in [-0.2, -0.15) is 0 Å². The molecule has 2 aliphatic rings. The lowest BCUT2D eigenvalue weighted by atomic mass is 10.4. The van der Waals surface area contributed by atoms with Gasteiger partial charge in [-0.25, -0.2) is 4.99 Å². The summed E-state index contributed by atoms with van der Waals surface area (Å²) in [4.78, 5) is 6.33. The van der Waals surface area contributed by atoms with Gasteiger partial charge in [0.1, 0.15) is 0 Å². The van der Waals surface area contributed by atoms with E-state index in [-0.39, 0.29) is 6.29 Å². The third-order valence-corrected chi connectivity index (χ3v) is 1.58. The van der Waals surface area contributed by atoms with Crippen LogP contribution >= 0.6 is 0 Å². The Balaban J connectivity index is 2.19. The smallest absolute Gasteiger partial charge is 0.195 e. The van der Waals surface area contributed by atoms with E-state index in [1.807, 2.05) is 24.7 Å². The Morgan fingerprint density at radius 1 is 1.60 bits per heavy atom. The van der Waals surface area contributed by atoms with Crippen LogP contribution in [0.4, 0.5) is 0 Å². The second-order valence-corrected chi connectivity index (χ2v) is 2.28. The van der Waals surface area contributed by atoms with E-state index in [2.05, 4.69) is 21.3 Å². The highest BCUT2D eigenvalue weighted by atomic mass is 15.4. The molecule has 0 aromatic rings. The summed E-state index contributed by atoms with van der Waals surface area (Å²) in [5, 5.41) is 3.12. The monoisotopic (exact) mass is 135 g/mol. The van der Waals surface area contributed by atoms with Gasteiger partial charge in [-0.3, -0.25) is 0 Å². The van der Waals surface area contributed by atoms with Crippen molar-refractivity contribution in [2.24, 2.45) is 4.99 Å². The van der Waals surface area contributed by atoms with Crippen LogP contribution in [-0.2, 0) is 0 Å². The SMILES string of the molecule is C1=CN2CC=CNC2N=C1. The van der Waals surface area contributed by atoms with Crippen molar-refractivity contribution < 1.29 is 0 Å². The van der Waals surface area contributed by atoms with Crippen molar-refractivity contribution in [3.63, 3.8) is 0 Å². The van der Waals surface area contributed by atoms with E-state index in [0.29, 0.717) is 0 Å². The molecular weight excluding hydrogens is 126 g/mol. The van der Waals surface area contributed by atoms with Gasteiger partial charge in [0.05, 0.1) is 0 Å². The van der Waals surface area contributed by atoms with Crippen LogP contribution in [-0.4, -0.2) is 23.9 Å². The molecule has 0 spiro atoms. The zero-order chi connectivity index (χ0) is 6.81. The minimum absolute atomic E-state index is 0.134. The molecule has 0 bridgehead atoms. The Hall–Kier alpha value is -1.25. The van der Waals surface area contributed by atoms with Gasteiger partial charge in [0, 0.05) is 19.0 Å². The molecule has 0 aromatic heterocycles. The third-order valence-electron chi connectivity index (χ3n) is 1.58. The van der Waals surface area contributed by atoms with Crippen molar-refractivity contribution >= 4 is 6.21 Å². The van der Waals surface area contributed by atoms with Gasteiger partial charge < -0.3 is 10.2 Å². The lowest BCUT2D eigenvalue weighted by Crippen LogP contribution is -2.43. The average molecular weight is 135 g/mol. The van der Waals surface area contributed by atoms with Crippen LogP contribution in [0.15, 0.2) is 29.5 Å². The summed E-state index contributed by atoms with van der Waals surface area (Å²) in [7, 11) is 0. The molecule has 3 heteroatoms. The van der Waals surface area contributed by atoms with E-state index in [0.717, 1.165) is 6.54 Å². The maximum Gasteiger partial charge on any atom is 0.195 e. The average Bonchev–Trinajstić information content (AvgIpc) is 2.05. The topological polar surface area (TPSA) is 27.6 Å². The van der Waals surface area contributed by atoms with E-state index in [1.54, 1.807) is 0 Å². The number of hydrogen-bond acceptors (Lipinski definition) is 3. The van der Waals surface area contributed by atoms with Crippen LogP contribution in [0.2, 0.25) is 0 Å². The molecule has 52 valence electrons. The first-order valence-electron chi connectivity index (χ1n) is 3.33. The summed E-state index contributed by atoms with van der Waals surface area (Å²) >= 11 is 0. The summed E-state index contributed by atoms with van der Waals surface area (Å²) < 4.78 is 0. The number of fused-ring (bicyclic) bond motifs is 1. The Kier molecular flexibility index (Phi) is 1.20. The first-order chi connectivity index (χ1) is 4.97. The molecule has 2 aliphatic heterocycles. The molecule has 1 atom stereocenters. The lowest BCUT2D eigenvalue weighted by molar-refractivity contribution is 0.268. The molecule has 1 unspecified atom stereocenters. The maximum atomic E-state index is 4.20. The summed E-state index contributed by atoms with van der Waals surface area (Å²) in [6, 6.07) is 0. The number of rotatable bonds is 0. The highest BCUT2D eigenvalue weighted by Gasteiger charge is 2.14. The van der Waals surface area contributed by atoms with Crippen LogP contribution in [0.3, 0.4) is 0 Å². The summed E-state index contributed by atoms with van der Waals surface area (Å²) in [6.07, 6.45) is 9.94. The van der Waals surface area contributed by atoms with Crippen LogP contribution in [0, 0.1) is 0 Å². The van der Waals surface area contributed by atoms with Gasteiger partial charge >= 0.3 is 0 Å². The van der Waals surface area contributed by atoms with E-state index < -0.39 is 0 Å². The Labute approximate surface area is 59.7 Å². The number of aliphatic imine (C=N–C) groups is 1. The van der Waals surface area contributed by atoms with Crippen molar-refractivity contribution in [2.75, 3.05) is 6.54 Å². The molecule has 2 rings (SSSR count). The van der Waals surface area contributed by atoms with E-state index in [1.165, 1.54) is 0 Å². The zero-order valence-corrected chi connectivity index (χ0v) is 5.57. The predicted molar refractivity (Wildman–Crippen MR) is 40.4 cm³/mol. The first kappa shape index (κ1) is 5.53. The fourth-order valence-electron chi connectivity index (χ4n) is 1.08. The van der Waals surface area contributed by atoms with Crippen molar-refractivity contribution in [3.8, 4) is 0 Å². The highest BCUT2D eigenvalue weighted by Crippen LogP contribution is 2.06. The third kappa shape index (κ3) is 0.795. The second-order valence-electron chi connectivity index (χ2n) is 2.28. The quantitative estimate of drug-likeness (QED) is 0.517. The summed E-state index contributed by atoms with van der Waals surface area (Å²) in [6.45, 7) is 0.950. The molecule has 0 saturated heterocycles. The lowest BCUT2D eigenvalue weighted by Gasteiger charge is -2.31. The van der Waals surface area contributed by atoms with E-state index in [4.69, 9.17) is 0 Å². The fourth-order valence-corrected chi connectivity index (χ4v) is 1.08. The number of nitrogens with one attached hydrogen (secondary N) is 1. The standard InChI is InChI=1S/C7H9N3/c1-3-8-7-9-4-2-6-10(7)5-1/h1-5,7,9H,6H2. The molecule has 0 saturated carbocycles. The van der Waals surface area contributed by atoms with Crippen LogP contribution in [0.5, 0.6) is 0 Å². The van der Waals surface area contributed by atoms with Gasteiger partial charge in [0.15, 0.2) is 6.29 Å². The second kappa shape index (κ2) is 2.17. The summed E-state index contributed by atoms with van der Waals surface area (Å²) in [5.74, 6) is 0. The Morgan fingerprint density at radius 2 is 2.60 bits per heavy atom. The van der Waals surface area contributed by atoms with Gasteiger partial charge in [0.25, 0.3) is 0 Å². The van der Waals surface area contributed by atoms with Crippen LogP contribution < -0.4 is 5.32 Å². The highest BCUT2D eigenvalue weighted by molar-refractivity contribution is 5.71. The number of hydrogen-bond donors (Lipinski definition) is 1. The molecule has 3 nitrogen and oxygen atoms in total. The largest absolute Gasteiger partial charge is 0.353 e. The molecular formula is C7H9N3. The molecule has 0 fully saturated rings. The number of allylic oxidation sites excluding steroid dienone is 1. The molecule has 0 amide bonds. The van der Waals surface area contributed by atoms with Crippen LogP contribution in [0.1, 0.15) is 0 Å². The molecule has 2 heterocycles. The van der Waals surface area contributed by atoms with Gasteiger partial charge in [-0.1, -0.05) is 0 Å². The molecule has 0 aliphatic carbocycles. The minimum atomic E-state index is 0.134. The number of nitrogens with zero attached hydrogens (tertiary/aromatic N) is 2. The molecule has 0 radical (unpaired) electrons. The maximum absolute atomic E-state index is 4.20. The van der Waals surface area contributed by atoms with E-state index >= 15 is 0 Å². The fraction of sp³-hybridized carbons (Fsp3) is 0.286. The van der Waals surface area contributed by atoms with E-state index in [9.17, 15) is 0 Å². The van der Waals surface area contributed by atoms with Crippen molar-refractivity contribution in [1.82, 2.24) is 10.2 Å². The Bertz CT molecular complexity index is 183. The van der Waals surface area contributed by atoms with Gasteiger partial charge in [0.2, 0.25) is 0 Å². The van der Waals surface area contributed by atoms with Crippen molar-refractivity contribution in [3.05, 3.63) is 24.6 Å². The van der Waals surface area contributed by atoms with Crippen molar-refractivity contribution in [1.29, 1.82) is 0 Å². The molecule has 1 N–H and O–H groups in total. The summed E-state index contributed by atoms with van der Waals surface area (Å²) in [5.41, 5.74) is 0. The zero-order valence-electron chi connectivity index (χ0n) is 5.57. The first-order valence-corrected chi connectivity index (χ1v) is 3.33. The molecule has 10 heavy (non-hydrogen) atoms. The Morgan fingerprint density at radius 3 is 3.50 bits per heavy atom. The molecule has 0 aromatic carbocycles. The normalized spacial score (nSPS) is 28.0. The van der Waals surface area contributed by atoms with Gasteiger partial charge in [-0.15, -0.1) is 0 Å². The predicted octanol–water partition coefficient (Wildman–Crippen LogP) is 0.287.